The number of esters is 1. The summed E-state index contributed by atoms with van der Waals surface area (Å²) in [6, 6.07) is -0.632. The van der Waals surface area contributed by atoms with E-state index in [-0.39, 0.29) is 18.5 Å². The number of hydrogen-bond acceptors (Lipinski definition) is 5. The zero-order valence-corrected chi connectivity index (χ0v) is 42.1. The van der Waals surface area contributed by atoms with Gasteiger partial charge in [-0.25, -0.2) is 0 Å². The fraction of sp³-hybridized carbons (Fsp3) is 0.860. The van der Waals surface area contributed by atoms with E-state index in [0.29, 0.717) is 19.4 Å². The van der Waals surface area contributed by atoms with Gasteiger partial charge in [-0.05, 0) is 83.5 Å². The molecule has 1 amide bonds. The van der Waals surface area contributed by atoms with E-state index in [9.17, 15) is 19.8 Å². The summed E-state index contributed by atoms with van der Waals surface area (Å²) in [4.78, 5) is 24.4. The van der Waals surface area contributed by atoms with Crippen LogP contribution in [0.15, 0.2) is 36.5 Å². The molecule has 3 N–H and O–H groups in total. The van der Waals surface area contributed by atoms with Crippen LogP contribution < -0.4 is 5.32 Å². The average molecular weight is 886 g/mol. The topological polar surface area (TPSA) is 95.9 Å². The van der Waals surface area contributed by atoms with Gasteiger partial charge in [0.1, 0.15) is 0 Å². The van der Waals surface area contributed by atoms with Crippen molar-refractivity contribution in [2.24, 2.45) is 0 Å². The van der Waals surface area contributed by atoms with Crippen molar-refractivity contribution in [3.63, 3.8) is 0 Å². The number of aliphatic hydroxyl groups is 2. The highest BCUT2D eigenvalue weighted by Crippen LogP contribution is 2.15. The van der Waals surface area contributed by atoms with E-state index in [2.05, 4.69) is 43.5 Å². The molecule has 0 aliphatic carbocycles. The van der Waals surface area contributed by atoms with Crippen molar-refractivity contribution in [3.8, 4) is 0 Å². The van der Waals surface area contributed by atoms with Gasteiger partial charge in [0.25, 0.3) is 0 Å². The van der Waals surface area contributed by atoms with Gasteiger partial charge in [-0.1, -0.05) is 230 Å². The third-order valence-corrected chi connectivity index (χ3v) is 12.6. The lowest BCUT2D eigenvalue weighted by atomic mass is 10.0. The van der Waals surface area contributed by atoms with E-state index in [4.69, 9.17) is 4.74 Å². The number of allylic oxidation sites excluding steroid dienone is 5. The fourth-order valence-electron chi connectivity index (χ4n) is 8.33. The number of nitrogens with one attached hydrogen (secondary N) is 1. The summed E-state index contributed by atoms with van der Waals surface area (Å²) < 4.78 is 5.47. The summed E-state index contributed by atoms with van der Waals surface area (Å²) in [7, 11) is 0. The first-order valence-corrected chi connectivity index (χ1v) is 27.8. The summed E-state index contributed by atoms with van der Waals surface area (Å²) >= 11 is 0. The first-order valence-electron chi connectivity index (χ1n) is 27.8. The van der Waals surface area contributed by atoms with Gasteiger partial charge in [-0.15, -0.1) is 0 Å². The Labute approximate surface area is 392 Å². The van der Waals surface area contributed by atoms with E-state index in [1.165, 1.54) is 212 Å². The second-order valence-corrected chi connectivity index (χ2v) is 18.9. The van der Waals surface area contributed by atoms with Crippen LogP contribution >= 0.6 is 0 Å². The molecule has 63 heavy (non-hydrogen) atoms. The van der Waals surface area contributed by atoms with Gasteiger partial charge < -0.3 is 20.3 Å². The molecular weight excluding hydrogens is 779 g/mol. The number of ether oxygens (including phenoxy) is 1. The number of carbonyl (C=O) groups excluding carboxylic acids is 2. The molecule has 0 aromatic heterocycles. The summed E-state index contributed by atoms with van der Waals surface area (Å²) in [5, 5.41) is 22.9. The molecule has 0 aliphatic heterocycles. The highest BCUT2D eigenvalue weighted by molar-refractivity contribution is 5.76. The van der Waals surface area contributed by atoms with Crippen LogP contribution in [0.5, 0.6) is 0 Å². The maximum Gasteiger partial charge on any atom is 0.305 e. The maximum atomic E-state index is 12.4. The first kappa shape index (κ1) is 61.1. The molecule has 0 saturated heterocycles. The molecule has 370 valence electrons. The van der Waals surface area contributed by atoms with Crippen LogP contribution in [0, 0.1) is 0 Å². The lowest BCUT2D eigenvalue weighted by molar-refractivity contribution is -0.143. The minimum absolute atomic E-state index is 0.000931. The van der Waals surface area contributed by atoms with Gasteiger partial charge in [0, 0.05) is 12.8 Å². The van der Waals surface area contributed by atoms with Gasteiger partial charge >= 0.3 is 5.97 Å². The normalized spacial score (nSPS) is 12.9. The van der Waals surface area contributed by atoms with E-state index < -0.39 is 12.1 Å². The van der Waals surface area contributed by atoms with Crippen LogP contribution in [-0.2, 0) is 14.3 Å². The third kappa shape index (κ3) is 49.4. The van der Waals surface area contributed by atoms with Crippen LogP contribution in [0.25, 0.3) is 0 Å². The summed E-state index contributed by atoms with van der Waals surface area (Å²) in [6.07, 6.45) is 64.5. The standard InChI is InChI=1S/C57H107NO5/c1-3-5-7-9-11-13-15-16-24-28-31-35-39-43-47-51-57(62)63-52-48-44-40-36-32-29-26-23-21-19-17-18-20-22-25-27-30-34-38-42-46-50-56(61)58-54(53-59)55(60)49-45-41-37-33-14-12-10-8-6-4-2/h16,18,20,24,45,49,54-55,59-60H,3-15,17,19,21-23,25-44,46-48,50-53H2,1-2H3,(H,58,61)/b20-18-,24-16-,49-45+. The Kier molecular flexibility index (Phi) is 51.1. The molecule has 0 spiro atoms. The van der Waals surface area contributed by atoms with Crippen molar-refractivity contribution < 1.29 is 24.5 Å². The minimum Gasteiger partial charge on any atom is -0.466 e. The Morgan fingerprint density at radius 3 is 1.13 bits per heavy atom. The van der Waals surface area contributed by atoms with E-state index in [1.807, 2.05) is 6.08 Å². The van der Waals surface area contributed by atoms with Crippen LogP contribution in [0.2, 0.25) is 0 Å². The molecule has 2 atom stereocenters. The van der Waals surface area contributed by atoms with Crippen LogP contribution in [0.4, 0.5) is 0 Å². The van der Waals surface area contributed by atoms with E-state index in [0.717, 1.165) is 51.4 Å². The van der Waals surface area contributed by atoms with E-state index in [1.54, 1.807) is 6.08 Å². The smallest absolute Gasteiger partial charge is 0.305 e. The molecule has 0 aliphatic rings. The van der Waals surface area contributed by atoms with Crippen LogP contribution in [0.3, 0.4) is 0 Å². The fourth-order valence-corrected chi connectivity index (χ4v) is 8.33. The molecule has 0 fully saturated rings. The average Bonchev–Trinajstić information content (AvgIpc) is 3.28. The summed E-state index contributed by atoms with van der Waals surface area (Å²) in [5.74, 6) is -0.0792. The Bertz CT molecular complexity index is 1020. The molecule has 6 nitrogen and oxygen atoms in total. The van der Waals surface area contributed by atoms with Crippen molar-refractivity contribution >= 4 is 11.9 Å². The largest absolute Gasteiger partial charge is 0.466 e. The van der Waals surface area contributed by atoms with Crippen molar-refractivity contribution in [3.05, 3.63) is 36.5 Å². The minimum atomic E-state index is -0.847. The van der Waals surface area contributed by atoms with E-state index >= 15 is 0 Å². The molecule has 0 saturated carbocycles. The molecule has 6 heteroatoms. The molecule has 0 radical (unpaired) electrons. The van der Waals surface area contributed by atoms with Crippen molar-refractivity contribution in [2.75, 3.05) is 13.2 Å². The highest BCUT2D eigenvalue weighted by Gasteiger charge is 2.18. The van der Waals surface area contributed by atoms with Crippen molar-refractivity contribution in [1.82, 2.24) is 5.32 Å². The number of hydrogen-bond donors (Lipinski definition) is 3. The van der Waals surface area contributed by atoms with Gasteiger partial charge in [0.05, 0.1) is 25.4 Å². The quantitative estimate of drug-likeness (QED) is 0.0321. The van der Waals surface area contributed by atoms with Crippen LogP contribution in [-0.4, -0.2) is 47.4 Å². The van der Waals surface area contributed by atoms with Gasteiger partial charge in [0.15, 0.2) is 0 Å². The molecule has 0 rings (SSSR count). The third-order valence-electron chi connectivity index (χ3n) is 12.6. The number of unbranched alkanes of at least 4 members (excludes halogenated alkanes) is 36. The van der Waals surface area contributed by atoms with Crippen molar-refractivity contribution in [1.29, 1.82) is 0 Å². The molecule has 0 aromatic carbocycles. The number of rotatable bonds is 51. The number of amides is 1. The second-order valence-electron chi connectivity index (χ2n) is 18.9. The predicted molar refractivity (Wildman–Crippen MR) is 273 cm³/mol. The van der Waals surface area contributed by atoms with Crippen molar-refractivity contribution in [2.45, 2.75) is 302 Å². The van der Waals surface area contributed by atoms with Gasteiger partial charge in [-0.3, -0.25) is 9.59 Å². The summed E-state index contributed by atoms with van der Waals surface area (Å²) in [6.45, 7) is 4.87. The van der Waals surface area contributed by atoms with Gasteiger partial charge in [-0.2, -0.15) is 0 Å². The first-order chi connectivity index (χ1) is 31.0. The Morgan fingerprint density at radius 2 is 0.746 bits per heavy atom. The Morgan fingerprint density at radius 1 is 0.429 bits per heavy atom. The Hall–Kier alpha value is -1.92. The predicted octanol–water partition coefficient (Wildman–Crippen LogP) is 16.9. The molecule has 2 unspecified atom stereocenters. The van der Waals surface area contributed by atoms with Crippen LogP contribution in [0.1, 0.15) is 290 Å². The Balaban J connectivity index is 3.43. The molecule has 0 bridgehead atoms. The lowest BCUT2D eigenvalue weighted by Crippen LogP contribution is -2.45. The molecule has 0 heterocycles. The zero-order chi connectivity index (χ0) is 45.8. The monoisotopic (exact) mass is 886 g/mol. The lowest BCUT2D eigenvalue weighted by Gasteiger charge is -2.20. The second kappa shape index (κ2) is 52.7. The zero-order valence-electron chi connectivity index (χ0n) is 42.1. The SMILES string of the molecule is CCCCCCCC/C=C\CCCCCCCC(=O)OCCCCCCCCCCCC/C=C\CCCCCCCCCC(=O)NC(CO)C(O)/C=C/CCCCCCCCCC. The highest BCUT2D eigenvalue weighted by atomic mass is 16.5. The number of aliphatic hydroxyl groups excluding tert-OH is 2. The summed E-state index contributed by atoms with van der Waals surface area (Å²) in [5.41, 5.74) is 0. The maximum absolute atomic E-state index is 12.4. The van der Waals surface area contributed by atoms with Gasteiger partial charge in [0.2, 0.25) is 5.91 Å². The molecule has 0 aromatic rings. The molecular formula is C57H107NO5. The number of carbonyl (C=O) groups is 2.